The van der Waals surface area contributed by atoms with E-state index in [1.54, 1.807) is 6.92 Å². The van der Waals surface area contributed by atoms with Crippen molar-refractivity contribution in [3.8, 4) is 0 Å². The zero-order valence-electron chi connectivity index (χ0n) is 15.6. The highest BCUT2D eigenvalue weighted by Gasteiger charge is 2.07. The summed E-state index contributed by atoms with van der Waals surface area (Å²) in [5.41, 5.74) is -0.127. The summed E-state index contributed by atoms with van der Waals surface area (Å²) in [6.45, 7) is 9.28. The van der Waals surface area contributed by atoms with Crippen molar-refractivity contribution in [3.05, 3.63) is 48.6 Å². The maximum absolute atomic E-state index is 9.87. The van der Waals surface area contributed by atoms with Gasteiger partial charge in [-0.15, -0.1) is 0 Å². The van der Waals surface area contributed by atoms with Gasteiger partial charge in [-0.2, -0.15) is 0 Å². The van der Waals surface area contributed by atoms with Gasteiger partial charge in [0.1, 0.15) is 0 Å². The van der Waals surface area contributed by atoms with Gasteiger partial charge < -0.3 is 30.6 Å². The van der Waals surface area contributed by atoms with Crippen molar-refractivity contribution >= 4 is 35.8 Å². The maximum atomic E-state index is 9.87. The van der Waals surface area contributed by atoms with Crippen LogP contribution in [-0.4, -0.2) is 66.5 Å². The first-order chi connectivity index (χ1) is 13.1. The van der Waals surface area contributed by atoms with Gasteiger partial charge in [-0.3, -0.25) is 4.79 Å². The smallest absolute Gasteiger partial charge is 0.331 e. The van der Waals surface area contributed by atoms with Crippen LogP contribution in [0.5, 0.6) is 0 Å². The molecule has 29 heavy (non-hydrogen) atoms. The second kappa shape index (κ2) is 20.1. The maximum Gasteiger partial charge on any atom is 0.331 e. The first-order valence-electron chi connectivity index (χ1n) is 7.09. The van der Waals surface area contributed by atoms with E-state index in [1.807, 2.05) is 0 Å². The third-order valence-electron chi connectivity index (χ3n) is 1.71. The molecule has 0 aromatic rings. The van der Waals surface area contributed by atoms with Gasteiger partial charge in [0.2, 0.25) is 0 Å². The van der Waals surface area contributed by atoms with Crippen LogP contribution in [0.15, 0.2) is 48.6 Å². The Morgan fingerprint density at radius 1 is 0.690 bits per heavy atom. The molecule has 6 N–H and O–H groups in total. The molecule has 0 saturated carbocycles. The second-order valence-corrected chi connectivity index (χ2v) is 4.41. The van der Waals surface area contributed by atoms with Crippen molar-refractivity contribution in [3.63, 3.8) is 0 Å². The van der Waals surface area contributed by atoms with Crippen LogP contribution in [0.1, 0.15) is 20.3 Å². The largest absolute Gasteiger partial charge is 0.481 e. The Kier molecular flexibility index (Phi) is 22.5. The lowest BCUT2D eigenvalue weighted by molar-refractivity contribution is -0.139. The number of hydrogen-bond acceptors (Lipinski definition) is 6. The Balaban J connectivity index is -0.000000146. The average molecular weight is 418 g/mol. The minimum atomic E-state index is -1.27. The second-order valence-electron chi connectivity index (χ2n) is 4.41. The molecule has 162 valence electrons. The van der Waals surface area contributed by atoms with Crippen LogP contribution in [0.3, 0.4) is 0 Å². The van der Waals surface area contributed by atoms with Crippen LogP contribution < -0.4 is 0 Å². The summed E-state index contributed by atoms with van der Waals surface area (Å²) in [5.74, 6) is -6.79. The Labute approximate surface area is 165 Å². The van der Waals surface area contributed by atoms with Crippen LogP contribution in [0.4, 0.5) is 0 Å². The highest BCUT2D eigenvalue weighted by atomic mass is 16.4. The number of carboxylic acids is 6. The standard InChI is InChI=1S/C5H6O4.C4H4O4.2C4H6O2/c1-3(5(8)9)2-4(6)7;5-3(6)1-2-4(7)8;1-3(2)4(5)6;1-2-3-4(5)6/h1-2H2,(H,6,7)(H,8,9);1-2H,(H,5,6)(H,7,8);1H2,2H3,(H,5,6);2-3H,1H3,(H,5,6)/b;2-1-;;. The minimum absolute atomic E-state index is 0.176. The molecule has 0 saturated heterocycles. The van der Waals surface area contributed by atoms with Crippen molar-refractivity contribution in [2.75, 3.05) is 0 Å². The van der Waals surface area contributed by atoms with Gasteiger partial charge in [-0.25, -0.2) is 24.0 Å². The van der Waals surface area contributed by atoms with Gasteiger partial charge in [0.05, 0.1) is 6.42 Å². The fourth-order valence-electron chi connectivity index (χ4n) is 0.543. The SMILES string of the molecule is C=C(C)C(=O)O.C=C(CC(=O)O)C(=O)O.CC=CC(=O)O.O=C(O)/C=C\C(=O)O. The first-order valence-corrected chi connectivity index (χ1v) is 7.09. The zero-order chi connectivity index (χ0) is 24.2. The van der Waals surface area contributed by atoms with Gasteiger partial charge in [0.15, 0.2) is 0 Å². The van der Waals surface area contributed by atoms with E-state index in [1.165, 1.54) is 13.0 Å². The summed E-state index contributed by atoms with van der Waals surface area (Å²) in [6.07, 6.45) is 3.17. The molecule has 12 heteroatoms. The molecule has 0 amide bonds. The summed E-state index contributed by atoms with van der Waals surface area (Å²) in [5, 5.41) is 47.4. The van der Waals surface area contributed by atoms with E-state index in [0.717, 1.165) is 6.08 Å². The fraction of sp³-hybridized carbons (Fsp3) is 0.176. The molecule has 0 aromatic heterocycles. The lowest BCUT2D eigenvalue weighted by atomic mass is 10.2. The Morgan fingerprint density at radius 3 is 1.07 bits per heavy atom. The third kappa shape index (κ3) is 45.3. The molecule has 0 fully saturated rings. The number of hydrogen-bond donors (Lipinski definition) is 6. The molecule has 0 aliphatic carbocycles. The normalized spacial score (nSPS) is 8.76. The highest BCUT2D eigenvalue weighted by Crippen LogP contribution is 1.95. The molecule has 0 heterocycles. The van der Waals surface area contributed by atoms with Crippen LogP contribution in [0.25, 0.3) is 0 Å². The van der Waals surface area contributed by atoms with Crippen LogP contribution in [-0.2, 0) is 28.8 Å². The van der Waals surface area contributed by atoms with Gasteiger partial charge >= 0.3 is 35.8 Å². The summed E-state index contributed by atoms with van der Waals surface area (Å²) >= 11 is 0. The Morgan fingerprint density at radius 2 is 1.00 bits per heavy atom. The van der Waals surface area contributed by atoms with Gasteiger partial charge in [-0.05, 0) is 13.8 Å². The summed E-state index contributed by atoms with van der Waals surface area (Å²) < 4.78 is 0. The van der Waals surface area contributed by atoms with Gasteiger partial charge in [0.25, 0.3) is 0 Å². The molecule has 0 unspecified atom stereocenters. The summed E-state index contributed by atoms with van der Waals surface area (Å²) in [7, 11) is 0. The van der Waals surface area contributed by atoms with Crippen molar-refractivity contribution in [2.45, 2.75) is 20.3 Å². The van der Waals surface area contributed by atoms with Crippen molar-refractivity contribution < 1.29 is 59.4 Å². The first kappa shape index (κ1) is 32.5. The molecule has 0 aliphatic heterocycles. The number of rotatable bonds is 7. The zero-order valence-corrected chi connectivity index (χ0v) is 15.6. The number of aliphatic carboxylic acids is 6. The predicted octanol–water partition coefficient (Wildman–Crippen LogP) is 1.11. The lowest BCUT2D eigenvalue weighted by Gasteiger charge is -1.91. The van der Waals surface area contributed by atoms with E-state index < -0.39 is 42.2 Å². The Bertz CT molecular complexity index is 655. The van der Waals surface area contributed by atoms with Crippen molar-refractivity contribution in [1.82, 2.24) is 0 Å². The molecule has 12 nitrogen and oxygen atoms in total. The molecule has 0 aliphatic rings. The molecule has 0 bridgehead atoms. The van der Waals surface area contributed by atoms with Crippen LogP contribution >= 0.6 is 0 Å². The minimum Gasteiger partial charge on any atom is -0.481 e. The van der Waals surface area contributed by atoms with E-state index in [0.29, 0.717) is 12.2 Å². The van der Waals surface area contributed by atoms with E-state index >= 15 is 0 Å². The molecule has 0 rings (SSSR count). The molecular weight excluding hydrogens is 396 g/mol. The molecule has 0 radical (unpaired) electrons. The fourth-order valence-corrected chi connectivity index (χ4v) is 0.543. The monoisotopic (exact) mass is 418 g/mol. The molecule has 0 atom stereocenters. The molecule has 0 aromatic carbocycles. The number of allylic oxidation sites excluding steroid dienone is 1. The average Bonchev–Trinajstić information content (AvgIpc) is 2.53. The van der Waals surface area contributed by atoms with E-state index in [9.17, 15) is 28.8 Å². The van der Waals surface area contributed by atoms with Crippen LogP contribution in [0.2, 0.25) is 0 Å². The predicted molar refractivity (Wildman–Crippen MR) is 98.3 cm³/mol. The highest BCUT2D eigenvalue weighted by molar-refractivity contribution is 5.91. The van der Waals surface area contributed by atoms with Crippen molar-refractivity contribution in [2.24, 2.45) is 0 Å². The molecular formula is C17H22O12. The van der Waals surface area contributed by atoms with E-state index in [4.69, 9.17) is 30.6 Å². The lowest BCUT2D eigenvalue weighted by Crippen LogP contribution is -2.04. The summed E-state index contributed by atoms with van der Waals surface area (Å²) in [4.78, 5) is 57.9. The van der Waals surface area contributed by atoms with Crippen molar-refractivity contribution in [1.29, 1.82) is 0 Å². The van der Waals surface area contributed by atoms with Crippen LogP contribution in [0, 0.1) is 0 Å². The topological polar surface area (TPSA) is 224 Å². The third-order valence-corrected chi connectivity index (χ3v) is 1.71. The molecule has 0 spiro atoms. The van der Waals surface area contributed by atoms with E-state index in [2.05, 4.69) is 13.2 Å². The van der Waals surface area contributed by atoms with E-state index in [-0.39, 0.29) is 11.1 Å². The quantitative estimate of drug-likeness (QED) is 0.320. The number of carbonyl (C=O) groups is 6. The summed E-state index contributed by atoms with van der Waals surface area (Å²) in [6, 6.07) is 0. The van der Waals surface area contributed by atoms with Gasteiger partial charge in [-0.1, -0.05) is 19.2 Å². The van der Waals surface area contributed by atoms with Gasteiger partial charge in [0, 0.05) is 29.4 Å². The Hall–Kier alpha value is -4.22. The number of carboxylic acid groups (broad SMARTS) is 6.